The number of hydrogen-bond donors (Lipinski definition) is 1. The summed E-state index contributed by atoms with van der Waals surface area (Å²) in [7, 11) is 4.92. The summed E-state index contributed by atoms with van der Waals surface area (Å²) in [5.74, 6) is 3.15. The van der Waals surface area contributed by atoms with Gasteiger partial charge in [-0.05, 0) is 48.1 Å². The fourth-order valence-electron chi connectivity index (χ4n) is 3.70. The van der Waals surface area contributed by atoms with Gasteiger partial charge in [0.25, 0.3) is 0 Å². The predicted octanol–water partition coefficient (Wildman–Crippen LogP) is 4.46. The first kappa shape index (κ1) is 20.0. The van der Waals surface area contributed by atoms with Gasteiger partial charge in [-0.15, -0.1) is 0 Å². The van der Waals surface area contributed by atoms with Gasteiger partial charge in [0.15, 0.2) is 16.6 Å². The van der Waals surface area contributed by atoms with E-state index >= 15 is 0 Å². The van der Waals surface area contributed by atoms with Gasteiger partial charge in [0, 0.05) is 36.0 Å². The van der Waals surface area contributed by atoms with Crippen molar-refractivity contribution in [3.63, 3.8) is 0 Å². The van der Waals surface area contributed by atoms with Crippen LogP contribution in [0.15, 0.2) is 60.8 Å². The molecule has 154 valence electrons. The first-order valence-electron chi connectivity index (χ1n) is 9.54. The van der Waals surface area contributed by atoms with Gasteiger partial charge in [-0.3, -0.25) is 0 Å². The molecule has 0 bridgehead atoms. The van der Waals surface area contributed by atoms with Crippen molar-refractivity contribution in [3.8, 4) is 17.2 Å². The molecule has 7 heteroatoms. The minimum absolute atomic E-state index is 0.110. The Morgan fingerprint density at radius 3 is 2.60 bits per heavy atom. The van der Waals surface area contributed by atoms with Gasteiger partial charge < -0.3 is 24.4 Å². The molecule has 0 amide bonds. The van der Waals surface area contributed by atoms with Gasteiger partial charge in [-0.2, -0.15) is 0 Å². The molecule has 0 aliphatic carbocycles. The number of hydrogen-bond acceptors (Lipinski definition) is 5. The van der Waals surface area contributed by atoms with Gasteiger partial charge in [0.2, 0.25) is 0 Å². The lowest BCUT2D eigenvalue weighted by Crippen LogP contribution is -2.34. The van der Waals surface area contributed by atoms with Crippen molar-refractivity contribution < 1.29 is 14.2 Å². The summed E-state index contributed by atoms with van der Waals surface area (Å²) in [6.07, 6.45) is 1.79. The second-order valence-electron chi connectivity index (χ2n) is 6.86. The average molecular weight is 422 g/mol. The highest BCUT2D eigenvalue weighted by Crippen LogP contribution is 2.41. The first-order valence-corrected chi connectivity index (χ1v) is 9.95. The van der Waals surface area contributed by atoms with E-state index in [1.807, 2.05) is 47.4 Å². The second kappa shape index (κ2) is 8.59. The number of fused-ring (bicyclic) bond motifs is 1. The molecule has 1 aliphatic heterocycles. The molecule has 1 aliphatic rings. The van der Waals surface area contributed by atoms with Crippen LogP contribution in [-0.4, -0.2) is 38.0 Å². The molecule has 6 nitrogen and oxygen atoms in total. The number of pyridine rings is 1. The first-order chi connectivity index (χ1) is 14.6. The summed E-state index contributed by atoms with van der Waals surface area (Å²) in [6.45, 7) is 0.678. The number of methoxy groups -OCH3 is 3. The maximum Gasteiger partial charge on any atom is 0.179 e. The molecule has 0 fully saturated rings. The van der Waals surface area contributed by atoms with E-state index in [9.17, 15) is 0 Å². The summed E-state index contributed by atoms with van der Waals surface area (Å²) in [4.78, 5) is 6.64. The standard InChI is InChI=1S/C23H23N3O3S/c1-27-17-7-4-6-16(13-17)25-23(30)26-14-19(18-8-5-11-24-22(18)26)15-9-10-20(28-2)21(12-15)29-3/h4-13,19H,14H2,1-3H3,(H,25,30). The van der Waals surface area contributed by atoms with Crippen molar-refractivity contribution in [1.29, 1.82) is 0 Å². The number of benzene rings is 2. The lowest BCUT2D eigenvalue weighted by atomic mass is 9.94. The Morgan fingerprint density at radius 1 is 1.00 bits per heavy atom. The summed E-state index contributed by atoms with van der Waals surface area (Å²) in [5, 5.41) is 3.89. The SMILES string of the molecule is COc1cccc(NC(=S)N2CC(c3ccc(OC)c(OC)c3)c3cccnc32)c1. The second-order valence-corrected chi connectivity index (χ2v) is 7.24. The van der Waals surface area contributed by atoms with E-state index in [0.29, 0.717) is 23.2 Å². The number of nitrogens with one attached hydrogen (secondary N) is 1. The summed E-state index contributed by atoms with van der Waals surface area (Å²) in [5.41, 5.74) is 3.11. The molecule has 1 N–H and O–H groups in total. The smallest absolute Gasteiger partial charge is 0.179 e. The monoisotopic (exact) mass is 421 g/mol. The molecular formula is C23H23N3O3S. The van der Waals surface area contributed by atoms with E-state index in [0.717, 1.165) is 28.4 Å². The van der Waals surface area contributed by atoms with Crippen LogP contribution < -0.4 is 24.4 Å². The zero-order valence-corrected chi connectivity index (χ0v) is 17.9. The Balaban J connectivity index is 1.63. The number of nitrogens with zero attached hydrogens (tertiary/aromatic N) is 2. The van der Waals surface area contributed by atoms with Crippen molar-refractivity contribution in [2.24, 2.45) is 0 Å². The maximum absolute atomic E-state index is 5.73. The van der Waals surface area contributed by atoms with Crippen LogP contribution in [0.2, 0.25) is 0 Å². The van der Waals surface area contributed by atoms with Crippen LogP contribution >= 0.6 is 12.2 Å². The van der Waals surface area contributed by atoms with E-state index in [1.165, 1.54) is 0 Å². The number of ether oxygens (including phenoxy) is 3. The predicted molar refractivity (Wildman–Crippen MR) is 122 cm³/mol. The van der Waals surface area contributed by atoms with Gasteiger partial charge in [-0.1, -0.05) is 18.2 Å². The summed E-state index contributed by atoms with van der Waals surface area (Å²) in [6, 6.07) is 17.7. The Labute approximate surface area is 181 Å². The third kappa shape index (κ3) is 3.76. The molecule has 1 aromatic heterocycles. The van der Waals surface area contributed by atoms with Crippen LogP contribution in [0, 0.1) is 0 Å². The molecule has 1 atom stereocenters. The molecule has 0 spiro atoms. The fraction of sp³-hybridized carbons (Fsp3) is 0.217. The zero-order valence-electron chi connectivity index (χ0n) is 17.1. The van der Waals surface area contributed by atoms with Crippen LogP contribution in [0.5, 0.6) is 17.2 Å². The van der Waals surface area contributed by atoms with E-state index in [4.69, 9.17) is 26.4 Å². The van der Waals surface area contributed by atoms with Crippen LogP contribution in [0.1, 0.15) is 17.0 Å². The normalized spacial score (nSPS) is 14.8. The minimum Gasteiger partial charge on any atom is -0.497 e. The van der Waals surface area contributed by atoms with Crippen LogP contribution in [0.25, 0.3) is 0 Å². The Bertz CT molecular complexity index is 1070. The highest BCUT2D eigenvalue weighted by atomic mass is 32.1. The topological polar surface area (TPSA) is 55.9 Å². The molecule has 0 saturated carbocycles. The van der Waals surface area contributed by atoms with Gasteiger partial charge in [0.1, 0.15) is 11.6 Å². The summed E-state index contributed by atoms with van der Waals surface area (Å²) < 4.78 is 16.2. The Morgan fingerprint density at radius 2 is 1.83 bits per heavy atom. The molecule has 0 radical (unpaired) electrons. The van der Waals surface area contributed by atoms with Crippen LogP contribution in [0.4, 0.5) is 11.5 Å². The van der Waals surface area contributed by atoms with Gasteiger partial charge in [-0.25, -0.2) is 4.98 Å². The Kier molecular flexibility index (Phi) is 5.72. The number of aromatic nitrogens is 1. The Hall–Kier alpha value is -3.32. The third-order valence-corrected chi connectivity index (χ3v) is 5.51. The molecule has 2 heterocycles. The quantitative estimate of drug-likeness (QED) is 0.611. The minimum atomic E-state index is 0.110. The summed E-state index contributed by atoms with van der Waals surface area (Å²) >= 11 is 5.73. The van der Waals surface area contributed by atoms with Crippen molar-refractivity contribution in [3.05, 3.63) is 71.9 Å². The fourth-order valence-corrected chi connectivity index (χ4v) is 3.98. The number of anilines is 2. The zero-order chi connectivity index (χ0) is 21.1. The molecule has 1 unspecified atom stereocenters. The van der Waals surface area contributed by atoms with E-state index < -0.39 is 0 Å². The maximum atomic E-state index is 5.73. The molecule has 4 rings (SSSR count). The lowest BCUT2D eigenvalue weighted by molar-refractivity contribution is 0.354. The molecular weight excluding hydrogens is 398 g/mol. The average Bonchev–Trinajstić information content (AvgIpc) is 3.18. The molecule has 2 aromatic carbocycles. The van der Waals surface area contributed by atoms with Gasteiger partial charge >= 0.3 is 0 Å². The van der Waals surface area contributed by atoms with Crippen LogP contribution in [0.3, 0.4) is 0 Å². The largest absolute Gasteiger partial charge is 0.497 e. The highest BCUT2D eigenvalue weighted by Gasteiger charge is 2.33. The molecule has 30 heavy (non-hydrogen) atoms. The molecule has 0 saturated heterocycles. The van der Waals surface area contributed by atoms with Gasteiger partial charge in [0.05, 0.1) is 21.3 Å². The van der Waals surface area contributed by atoms with Crippen LogP contribution in [-0.2, 0) is 0 Å². The van der Waals surface area contributed by atoms with E-state index in [2.05, 4.69) is 22.4 Å². The van der Waals surface area contributed by atoms with Crippen molar-refractivity contribution in [2.45, 2.75) is 5.92 Å². The lowest BCUT2D eigenvalue weighted by Gasteiger charge is -2.21. The highest BCUT2D eigenvalue weighted by molar-refractivity contribution is 7.80. The van der Waals surface area contributed by atoms with Crippen molar-refractivity contribution >= 4 is 28.8 Å². The van der Waals surface area contributed by atoms with Crippen molar-refractivity contribution in [2.75, 3.05) is 38.1 Å². The number of thiocarbonyl (C=S) groups is 1. The van der Waals surface area contributed by atoms with E-state index in [-0.39, 0.29) is 5.92 Å². The van der Waals surface area contributed by atoms with Crippen molar-refractivity contribution in [1.82, 2.24) is 4.98 Å². The molecule has 3 aromatic rings. The third-order valence-electron chi connectivity index (χ3n) is 5.19. The number of rotatable bonds is 5. The van der Waals surface area contributed by atoms with E-state index in [1.54, 1.807) is 27.5 Å².